The fourth-order valence-electron chi connectivity index (χ4n) is 1.94. The number of benzene rings is 1. The summed E-state index contributed by atoms with van der Waals surface area (Å²) in [5.41, 5.74) is 6.72. The SMILES string of the molecule is CCC(C)n1c(C(F)(F)F)nc2cc(N)ccc21. The Morgan fingerprint density at radius 3 is 2.61 bits per heavy atom. The smallest absolute Gasteiger partial charge is 0.399 e. The first-order valence-corrected chi connectivity index (χ1v) is 5.69. The second-order valence-electron chi connectivity index (χ2n) is 4.31. The summed E-state index contributed by atoms with van der Waals surface area (Å²) in [5.74, 6) is -0.863. The van der Waals surface area contributed by atoms with Gasteiger partial charge in [-0.3, -0.25) is 0 Å². The molecule has 2 rings (SSSR count). The Morgan fingerprint density at radius 1 is 1.39 bits per heavy atom. The summed E-state index contributed by atoms with van der Waals surface area (Å²) in [4.78, 5) is 3.67. The van der Waals surface area contributed by atoms with Gasteiger partial charge in [0.05, 0.1) is 11.0 Å². The highest BCUT2D eigenvalue weighted by atomic mass is 19.4. The number of alkyl halides is 3. The summed E-state index contributed by atoms with van der Waals surface area (Å²) in [5, 5.41) is 0. The molecular weight excluding hydrogens is 243 g/mol. The average Bonchev–Trinajstić information content (AvgIpc) is 2.66. The van der Waals surface area contributed by atoms with Gasteiger partial charge in [-0.1, -0.05) is 6.92 Å². The van der Waals surface area contributed by atoms with E-state index in [1.165, 1.54) is 10.6 Å². The first kappa shape index (κ1) is 12.7. The molecule has 3 nitrogen and oxygen atoms in total. The lowest BCUT2D eigenvalue weighted by molar-refractivity contribution is -0.147. The second kappa shape index (κ2) is 4.19. The minimum atomic E-state index is -4.46. The molecule has 0 saturated heterocycles. The normalized spacial score (nSPS) is 14.1. The zero-order valence-corrected chi connectivity index (χ0v) is 10.1. The minimum absolute atomic E-state index is 0.268. The predicted octanol–water partition coefficient (Wildman–Crippen LogP) is 3.61. The number of nitrogen functional groups attached to an aromatic ring is 1. The molecule has 1 aromatic heterocycles. The number of hydrogen-bond donors (Lipinski definition) is 1. The highest BCUT2D eigenvalue weighted by molar-refractivity contribution is 5.80. The van der Waals surface area contributed by atoms with Crippen molar-refractivity contribution in [3.8, 4) is 0 Å². The van der Waals surface area contributed by atoms with Gasteiger partial charge in [0.15, 0.2) is 0 Å². The highest BCUT2D eigenvalue weighted by Crippen LogP contribution is 2.34. The molecule has 0 radical (unpaired) electrons. The van der Waals surface area contributed by atoms with Gasteiger partial charge in [-0.25, -0.2) is 4.98 Å². The van der Waals surface area contributed by atoms with Crippen molar-refractivity contribution < 1.29 is 13.2 Å². The predicted molar refractivity (Wildman–Crippen MR) is 64.1 cm³/mol. The van der Waals surface area contributed by atoms with E-state index in [4.69, 9.17) is 5.73 Å². The van der Waals surface area contributed by atoms with Gasteiger partial charge in [-0.2, -0.15) is 13.2 Å². The number of nitrogens with two attached hydrogens (primary N) is 1. The molecule has 1 heterocycles. The zero-order chi connectivity index (χ0) is 13.5. The third kappa shape index (κ3) is 2.02. The fourth-order valence-corrected chi connectivity index (χ4v) is 1.94. The van der Waals surface area contributed by atoms with Crippen LogP contribution in [0.25, 0.3) is 11.0 Å². The lowest BCUT2D eigenvalue weighted by Gasteiger charge is -2.17. The van der Waals surface area contributed by atoms with E-state index in [0.717, 1.165) is 0 Å². The molecule has 1 unspecified atom stereocenters. The molecule has 2 N–H and O–H groups in total. The van der Waals surface area contributed by atoms with Gasteiger partial charge in [0.25, 0.3) is 0 Å². The standard InChI is InChI=1S/C12H14F3N3/c1-3-7(2)18-10-5-4-8(16)6-9(10)17-11(18)12(13,14)15/h4-7H,3,16H2,1-2H3. The maximum absolute atomic E-state index is 13.0. The van der Waals surface area contributed by atoms with Crippen molar-refractivity contribution in [3.63, 3.8) is 0 Å². The van der Waals surface area contributed by atoms with Crippen molar-refractivity contribution in [2.75, 3.05) is 5.73 Å². The Kier molecular flexibility index (Phi) is 2.96. The van der Waals surface area contributed by atoms with Crippen molar-refractivity contribution in [3.05, 3.63) is 24.0 Å². The van der Waals surface area contributed by atoms with Gasteiger partial charge >= 0.3 is 6.18 Å². The lowest BCUT2D eigenvalue weighted by atomic mass is 10.2. The van der Waals surface area contributed by atoms with E-state index in [1.54, 1.807) is 19.1 Å². The van der Waals surface area contributed by atoms with Crippen molar-refractivity contribution in [2.45, 2.75) is 32.5 Å². The summed E-state index contributed by atoms with van der Waals surface area (Å²) >= 11 is 0. The topological polar surface area (TPSA) is 43.8 Å². The number of rotatable bonds is 2. The molecular formula is C12H14F3N3. The van der Waals surface area contributed by atoms with Crippen LogP contribution >= 0.6 is 0 Å². The molecule has 2 aromatic rings. The van der Waals surface area contributed by atoms with Crippen LogP contribution in [-0.4, -0.2) is 9.55 Å². The summed E-state index contributed by atoms with van der Waals surface area (Å²) in [6.07, 6.45) is -3.86. The zero-order valence-electron chi connectivity index (χ0n) is 10.1. The number of anilines is 1. The Hall–Kier alpha value is -1.72. The van der Waals surface area contributed by atoms with E-state index in [-0.39, 0.29) is 11.6 Å². The molecule has 98 valence electrons. The monoisotopic (exact) mass is 257 g/mol. The maximum atomic E-state index is 13.0. The summed E-state index contributed by atoms with van der Waals surface area (Å²) < 4.78 is 40.1. The van der Waals surface area contributed by atoms with E-state index in [9.17, 15) is 13.2 Å². The number of hydrogen-bond acceptors (Lipinski definition) is 2. The summed E-state index contributed by atoms with van der Waals surface area (Å²) in [7, 11) is 0. The van der Waals surface area contributed by atoms with Crippen LogP contribution in [0.1, 0.15) is 32.1 Å². The molecule has 0 aliphatic rings. The van der Waals surface area contributed by atoms with Crippen LogP contribution in [0, 0.1) is 0 Å². The summed E-state index contributed by atoms with van der Waals surface area (Å²) in [6.45, 7) is 3.58. The van der Waals surface area contributed by atoms with Crippen LogP contribution in [-0.2, 0) is 6.18 Å². The number of halogens is 3. The number of nitrogens with zero attached hydrogens (tertiary/aromatic N) is 2. The van der Waals surface area contributed by atoms with Gasteiger partial charge in [-0.05, 0) is 31.5 Å². The molecule has 0 saturated carbocycles. The van der Waals surface area contributed by atoms with E-state index >= 15 is 0 Å². The average molecular weight is 257 g/mol. The van der Waals surface area contributed by atoms with Crippen molar-refractivity contribution in [1.29, 1.82) is 0 Å². The molecule has 0 aliphatic carbocycles. The molecule has 18 heavy (non-hydrogen) atoms. The van der Waals surface area contributed by atoms with Crippen LogP contribution in [0.2, 0.25) is 0 Å². The minimum Gasteiger partial charge on any atom is -0.399 e. The second-order valence-corrected chi connectivity index (χ2v) is 4.31. The van der Waals surface area contributed by atoms with Crippen molar-refractivity contribution in [1.82, 2.24) is 9.55 Å². The van der Waals surface area contributed by atoms with Gasteiger partial charge in [0.1, 0.15) is 0 Å². The number of imidazole rings is 1. The Morgan fingerprint density at radius 2 is 2.06 bits per heavy atom. The molecule has 0 spiro atoms. The summed E-state index contributed by atoms with van der Waals surface area (Å²) in [6, 6.07) is 4.36. The van der Waals surface area contributed by atoms with Gasteiger partial charge in [-0.15, -0.1) is 0 Å². The van der Waals surface area contributed by atoms with E-state index in [2.05, 4.69) is 4.98 Å². The maximum Gasteiger partial charge on any atom is 0.449 e. The Balaban J connectivity index is 2.76. The largest absolute Gasteiger partial charge is 0.449 e. The fraction of sp³-hybridized carbons (Fsp3) is 0.417. The number of aromatic nitrogens is 2. The molecule has 1 aromatic carbocycles. The van der Waals surface area contributed by atoms with Crippen LogP contribution in [0.5, 0.6) is 0 Å². The quantitative estimate of drug-likeness (QED) is 0.835. The lowest BCUT2D eigenvalue weighted by Crippen LogP contribution is -2.17. The van der Waals surface area contributed by atoms with E-state index in [1.807, 2.05) is 6.92 Å². The van der Waals surface area contributed by atoms with E-state index < -0.39 is 12.0 Å². The first-order valence-electron chi connectivity index (χ1n) is 5.69. The van der Waals surface area contributed by atoms with Crippen molar-refractivity contribution >= 4 is 16.7 Å². The van der Waals surface area contributed by atoms with Crippen LogP contribution < -0.4 is 5.73 Å². The van der Waals surface area contributed by atoms with Gasteiger partial charge < -0.3 is 10.3 Å². The number of fused-ring (bicyclic) bond motifs is 1. The van der Waals surface area contributed by atoms with Crippen LogP contribution in [0.3, 0.4) is 0 Å². The molecule has 0 aliphatic heterocycles. The highest BCUT2D eigenvalue weighted by Gasteiger charge is 2.38. The molecule has 0 amide bonds. The van der Waals surface area contributed by atoms with Crippen molar-refractivity contribution in [2.24, 2.45) is 0 Å². The van der Waals surface area contributed by atoms with Gasteiger partial charge in [0.2, 0.25) is 5.82 Å². The van der Waals surface area contributed by atoms with E-state index in [0.29, 0.717) is 17.6 Å². The first-order chi connectivity index (χ1) is 8.34. The molecule has 1 atom stereocenters. The third-order valence-electron chi connectivity index (χ3n) is 3.00. The van der Waals surface area contributed by atoms with Crippen LogP contribution in [0.4, 0.5) is 18.9 Å². The Labute approximate surface area is 102 Å². The third-order valence-corrected chi connectivity index (χ3v) is 3.00. The van der Waals surface area contributed by atoms with Crippen LogP contribution in [0.15, 0.2) is 18.2 Å². The van der Waals surface area contributed by atoms with Gasteiger partial charge in [0, 0.05) is 11.7 Å². The molecule has 0 fully saturated rings. The molecule has 0 bridgehead atoms. The Bertz CT molecular complexity index is 572. The molecule has 6 heteroatoms.